The molecular formula is C10H8BrF3. The molecule has 1 aliphatic carbocycles. The van der Waals surface area contributed by atoms with E-state index in [2.05, 4.69) is 15.9 Å². The summed E-state index contributed by atoms with van der Waals surface area (Å²) in [6, 6.07) is 3.84. The molecule has 1 aromatic rings. The van der Waals surface area contributed by atoms with Gasteiger partial charge in [-0.05, 0) is 24.6 Å². The van der Waals surface area contributed by atoms with E-state index < -0.39 is 17.2 Å². The van der Waals surface area contributed by atoms with Crippen molar-refractivity contribution in [2.24, 2.45) is 0 Å². The van der Waals surface area contributed by atoms with Crippen LogP contribution in [0.5, 0.6) is 0 Å². The summed E-state index contributed by atoms with van der Waals surface area (Å²) in [5.41, 5.74) is -0.650. The van der Waals surface area contributed by atoms with Crippen LogP contribution in [0.2, 0.25) is 0 Å². The van der Waals surface area contributed by atoms with Gasteiger partial charge in [-0.1, -0.05) is 22.0 Å². The molecule has 1 fully saturated rings. The summed E-state index contributed by atoms with van der Waals surface area (Å²) in [5.74, 6) is -3.08. The zero-order valence-electron chi connectivity index (χ0n) is 7.45. The van der Waals surface area contributed by atoms with Gasteiger partial charge in [-0.3, -0.25) is 0 Å². The van der Waals surface area contributed by atoms with Gasteiger partial charge in [0.25, 0.3) is 5.92 Å². The first kappa shape index (κ1) is 10.0. The molecule has 1 aliphatic rings. The van der Waals surface area contributed by atoms with Gasteiger partial charge in [-0.2, -0.15) is 0 Å². The third-order valence-electron chi connectivity index (χ3n) is 2.78. The summed E-state index contributed by atoms with van der Waals surface area (Å²) >= 11 is 3.10. The molecule has 0 spiro atoms. The van der Waals surface area contributed by atoms with Gasteiger partial charge in [0.15, 0.2) is 0 Å². The quantitative estimate of drug-likeness (QED) is 0.722. The molecule has 0 saturated heterocycles. The highest BCUT2D eigenvalue weighted by Crippen LogP contribution is 2.62. The second kappa shape index (κ2) is 2.75. The molecule has 0 aliphatic heterocycles. The second-order valence-electron chi connectivity index (χ2n) is 3.84. The maximum Gasteiger partial charge on any atom is 0.258 e. The van der Waals surface area contributed by atoms with Crippen molar-refractivity contribution in [3.8, 4) is 0 Å². The van der Waals surface area contributed by atoms with Crippen LogP contribution in [0.15, 0.2) is 22.7 Å². The van der Waals surface area contributed by atoms with Gasteiger partial charge in [0.05, 0.1) is 5.41 Å². The summed E-state index contributed by atoms with van der Waals surface area (Å²) in [4.78, 5) is 0. The van der Waals surface area contributed by atoms with E-state index >= 15 is 0 Å². The lowest BCUT2D eigenvalue weighted by Gasteiger charge is -2.12. The van der Waals surface area contributed by atoms with Crippen LogP contribution in [0.1, 0.15) is 18.9 Å². The predicted molar refractivity (Wildman–Crippen MR) is 51.0 cm³/mol. The molecule has 0 nitrogen and oxygen atoms in total. The molecule has 1 saturated carbocycles. The minimum absolute atomic E-state index is 0.162. The van der Waals surface area contributed by atoms with E-state index in [-0.39, 0.29) is 6.42 Å². The van der Waals surface area contributed by atoms with Crippen molar-refractivity contribution in [2.45, 2.75) is 24.7 Å². The van der Waals surface area contributed by atoms with Crippen LogP contribution in [-0.2, 0) is 5.41 Å². The summed E-state index contributed by atoms with van der Waals surface area (Å²) in [5, 5.41) is 0. The Bertz CT molecular complexity index is 389. The van der Waals surface area contributed by atoms with Crippen LogP contribution in [0.3, 0.4) is 0 Å². The first-order valence-corrected chi connectivity index (χ1v) is 4.99. The Morgan fingerprint density at radius 3 is 2.36 bits per heavy atom. The SMILES string of the molecule is CC1(c2ccc(F)cc2Br)CC1(F)F. The summed E-state index contributed by atoms with van der Waals surface area (Å²) in [6.45, 7) is 1.49. The number of hydrogen-bond acceptors (Lipinski definition) is 0. The van der Waals surface area contributed by atoms with Crippen LogP contribution in [0.25, 0.3) is 0 Å². The fraction of sp³-hybridized carbons (Fsp3) is 0.400. The number of benzene rings is 1. The first-order chi connectivity index (χ1) is 6.37. The highest BCUT2D eigenvalue weighted by atomic mass is 79.9. The largest absolute Gasteiger partial charge is 0.258 e. The zero-order valence-corrected chi connectivity index (χ0v) is 9.04. The Morgan fingerprint density at radius 1 is 1.36 bits per heavy atom. The van der Waals surface area contributed by atoms with E-state index in [0.717, 1.165) is 0 Å². The molecule has 1 atom stereocenters. The standard InChI is InChI=1S/C10H8BrF3/c1-9(5-10(9,13)14)7-3-2-6(12)4-8(7)11/h2-4H,5H2,1H3. The van der Waals surface area contributed by atoms with Crippen LogP contribution in [-0.4, -0.2) is 5.92 Å². The molecule has 0 aromatic heterocycles. The molecule has 14 heavy (non-hydrogen) atoms. The highest BCUT2D eigenvalue weighted by molar-refractivity contribution is 9.10. The van der Waals surface area contributed by atoms with Crippen LogP contribution >= 0.6 is 15.9 Å². The Morgan fingerprint density at radius 2 is 1.93 bits per heavy atom. The Balaban J connectivity index is 2.45. The molecule has 1 aromatic carbocycles. The van der Waals surface area contributed by atoms with Crippen molar-refractivity contribution in [1.82, 2.24) is 0 Å². The highest BCUT2D eigenvalue weighted by Gasteiger charge is 2.69. The monoisotopic (exact) mass is 264 g/mol. The van der Waals surface area contributed by atoms with Crippen molar-refractivity contribution in [3.63, 3.8) is 0 Å². The molecule has 4 heteroatoms. The molecule has 2 rings (SSSR count). The molecule has 0 radical (unpaired) electrons. The molecule has 1 unspecified atom stereocenters. The van der Waals surface area contributed by atoms with Crippen LogP contribution < -0.4 is 0 Å². The number of rotatable bonds is 1. The van der Waals surface area contributed by atoms with Gasteiger partial charge in [-0.15, -0.1) is 0 Å². The molecule has 0 N–H and O–H groups in total. The summed E-state index contributed by atoms with van der Waals surface area (Å²) < 4.78 is 39.2. The predicted octanol–water partition coefficient (Wildman–Crippen LogP) is 3.88. The molecule has 0 amide bonds. The molecule has 0 bridgehead atoms. The van der Waals surface area contributed by atoms with Gasteiger partial charge < -0.3 is 0 Å². The van der Waals surface area contributed by atoms with E-state index in [4.69, 9.17) is 0 Å². The average Bonchev–Trinajstić information content (AvgIpc) is 2.50. The number of alkyl halides is 2. The van der Waals surface area contributed by atoms with E-state index in [9.17, 15) is 13.2 Å². The fourth-order valence-corrected chi connectivity index (χ4v) is 2.42. The Hall–Kier alpha value is -0.510. The number of halogens is 4. The van der Waals surface area contributed by atoms with Crippen LogP contribution in [0.4, 0.5) is 13.2 Å². The fourth-order valence-electron chi connectivity index (χ4n) is 1.63. The van der Waals surface area contributed by atoms with E-state index in [1.54, 1.807) is 0 Å². The van der Waals surface area contributed by atoms with Crippen LogP contribution in [0, 0.1) is 5.82 Å². The van der Waals surface area contributed by atoms with Crippen molar-refractivity contribution in [1.29, 1.82) is 0 Å². The molecule has 0 heterocycles. The second-order valence-corrected chi connectivity index (χ2v) is 4.69. The van der Waals surface area contributed by atoms with Crippen molar-refractivity contribution < 1.29 is 13.2 Å². The molecule has 76 valence electrons. The van der Waals surface area contributed by atoms with Gasteiger partial charge in [0.2, 0.25) is 0 Å². The zero-order chi connectivity index (χ0) is 10.6. The Kier molecular flexibility index (Phi) is 1.97. The lowest BCUT2D eigenvalue weighted by Crippen LogP contribution is -2.12. The van der Waals surface area contributed by atoms with Gasteiger partial charge in [0, 0.05) is 10.9 Å². The smallest absolute Gasteiger partial charge is 0.207 e. The van der Waals surface area contributed by atoms with Crippen molar-refractivity contribution in [2.75, 3.05) is 0 Å². The molecular weight excluding hydrogens is 257 g/mol. The lowest BCUT2D eigenvalue weighted by atomic mass is 9.98. The topological polar surface area (TPSA) is 0 Å². The number of hydrogen-bond donors (Lipinski definition) is 0. The summed E-state index contributed by atoms with van der Waals surface area (Å²) in [6.07, 6.45) is -0.162. The first-order valence-electron chi connectivity index (χ1n) is 4.20. The maximum atomic E-state index is 13.0. The minimum atomic E-state index is -2.66. The van der Waals surface area contributed by atoms with Gasteiger partial charge >= 0.3 is 0 Å². The Labute approximate surface area is 88.2 Å². The van der Waals surface area contributed by atoms with Crippen molar-refractivity contribution in [3.05, 3.63) is 34.1 Å². The summed E-state index contributed by atoms with van der Waals surface area (Å²) in [7, 11) is 0. The van der Waals surface area contributed by atoms with E-state index in [1.165, 1.54) is 25.1 Å². The third kappa shape index (κ3) is 1.28. The van der Waals surface area contributed by atoms with E-state index in [1.807, 2.05) is 0 Å². The van der Waals surface area contributed by atoms with Gasteiger partial charge in [-0.25, -0.2) is 13.2 Å². The minimum Gasteiger partial charge on any atom is -0.207 e. The van der Waals surface area contributed by atoms with Gasteiger partial charge in [0.1, 0.15) is 5.82 Å². The maximum absolute atomic E-state index is 13.0. The average molecular weight is 265 g/mol. The van der Waals surface area contributed by atoms with E-state index in [0.29, 0.717) is 10.0 Å². The van der Waals surface area contributed by atoms with Crippen molar-refractivity contribution >= 4 is 15.9 Å². The normalized spacial score (nSPS) is 28.9. The lowest BCUT2D eigenvalue weighted by molar-refractivity contribution is 0.0918. The third-order valence-corrected chi connectivity index (χ3v) is 3.44.